The molecule has 100 valence electrons. The van der Waals surface area contributed by atoms with E-state index in [-0.39, 0.29) is 11.9 Å². The zero-order valence-electron chi connectivity index (χ0n) is 11.2. The van der Waals surface area contributed by atoms with Crippen LogP contribution >= 0.6 is 0 Å². The fourth-order valence-electron chi connectivity index (χ4n) is 2.27. The van der Waals surface area contributed by atoms with Gasteiger partial charge in [0.2, 0.25) is 5.91 Å². The van der Waals surface area contributed by atoms with Crippen LogP contribution in [0.3, 0.4) is 0 Å². The highest BCUT2D eigenvalue weighted by atomic mass is 16.5. The van der Waals surface area contributed by atoms with E-state index in [4.69, 9.17) is 15.9 Å². The highest BCUT2D eigenvalue weighted by Crippen LogP contribution is 2.28. The van der Waals surface area contributed by atoms with Crippen molar-refractivity contribution in [1.29, 1.82) is 0 Å². The Kier molecular flexibility index (Phi) is 3.96. The summed E-state index contributed by atoms with van der Waals surface area (Å²) in [6, 6.07) is 5.44. The number of ether oxygens (including phenoxy) is 2. The second-order valence-corrected chi connectivity index (χ2v) is 4.42. The molecule has 1 saturated heterocycles. The molecule has 0 saturated carbocycles. The number of hydrogen-bond acceptors (Lipinski definition) is 3. The number of methoxy groups -OCH3 is 2. The third kappa shape index (κ3) is 2.65. The van der Waals surface area contributed by atoms with Crippen LogP contribution in [0, 0.1) is 12.3 Å². The van der Waals surface area contributed by atoms with Crippen LogP contribution in [0.2, 0.25) is 0 Å². The zero-order valence-corrected chi connectivity index (χ0v) is 11.2. The minimum Gasteiger partial charge on any atom is -0.497 e. The first-order chi connectivity index (χ1) is 9.19. The Hall–Kier alpha value is -2.15. The van der Waals surface area contributed by atoms with E-state index >= 15 is 0 Å². The number of amides is 1. The molecular weight excluding hydrogens is 242 g/mol. The van der Waals surface area contributed by atoms with Crippen molar-refractivity contribution in [2.45, 2.75) is 25.4 Å². The Morgan fingerprint density at radius 1 is 1.42 bits per heavy atom. The third-order valence-corrected chi connectivity index (χ3v) is 3.36. The molecule has 4 heteroatoms. The number of likely N-dealkylation sites (tertiary alicyclic amines) is 1. The molecule has 1 aliphatic rings. The number of carbonyl (C=O) groups excluding carboxylic acids is 1. The summed E-state index contributed by atoms with van der Waals surface area (Å²) in [6.45, 7) is 0.473. The van der Waals surface area contributed by atoms with E-state index in [9.17, 15) is 4.79 Å². The van der Waals surface area contributed by atoms with Crippen molar-refractivity contribution in [3.63, 3.8) is 0 Å². The van der Waals surface area contributed by atoms with Crippen LogP contribution < -0.4 is 9.47 Å². The Labute approximate surface area is 113 Å². The molecule has 0 radical (unpaired) electrons. The molecule has 19 heavy (non-hydrogen) atoms. The lowest BCUT2D eigenvalue weighted by molar-refractivity contribution is -0.128. The van der Waals surface area contributed by atoms with E-state index in [1.807, 2.05) is 12.1 Å². The molecule has 4 nitrogen and oxygen atoms in total. The van der Waals surface area contributed by atoms with Crippen molar-refractivity contribution < 1.29 is 14.3 Å². The molecule has 2 rings (SSSR count). The molecule has 0 unspecified atom stereocenters. The first-order valence-electron chi connectivity index (χ1n) is 6.16. The second-order valence-electron chi connectivity index (χ2n) is 4.42. The van der Waals surface area contributed by atoms with Crippen molar-refractivity contribution in [2.24, 2.45) is 0 Å². The van der Waals surface area contributed by atoms with Gasteiger partial charge in [-0.2, -0.15) is 0 Å². The molecular formula is C15H17NO3. The fourth-order valence-corrected chi connectivity index (χ4v) is 2.27. The van der Waals surface area contributed by atoms with E-state index in [0.717, 1.165) is 17.7 Å². The number of carbonyl (C=O) groups is 1. The summed E-state index contributed by atoms with van der Waals surface area (Å²) in [5.74, 6) is 4.19. The van der Waals surface area contributed by atoms with Crippen LogP contribution in [0.15, 0.2) is 18.2 Å². The number of benzene rings is 1. The summed E-state index contributed by atoms with van der Waals surface area (Å²) in [4.78, 5) is 13.6. The monoisotopic (exact) mass is 259 g/mol. The van der Waals surface area contributed by atoms with Crippen LogP contribution in [0.25, 0.3) is 0 Å². The van der Waals surface area contributed by atoms with Crippen LogP contribution in [-0.2, 0) is 11.3 Å². The van der Waals surface area contributed by atoms with E-state index in [2.05, 4.69) is 5.92 Å². The Morgan fingerprint density at radius 2 is 2.21 bits per heavy atom. The van der Waals surface area contributed by atoms with Crippen LogP contribution in [0.5, 0.6) is 11.5 Å². The molecule has 0 N–H and O–H groups in total. The summed E-state index contributed by atoms with van der Waals surface area (Å²) >= 11 is 0. The van der Waals surface area contributed by atoms with Crippen LogP contribution in [0.4, 0.5) is 0 Å². The van der Waals surface area contributed by atoms with Gasteiger partial charge in [-0.25, -0.2) is 0 Å². The highest BCUT2D eigenvalue weighted by molar-refractivity contribution is 5.79. The maximum Gasteiger partial charge on any atom is 0.223 e. The largest absolute Gasteiger partial charge is 0.497 e. The molecule has 1 fully saturated rings. The molecule has 1 atom stereocenters. The molecule has 1 aliphatic heterocycles. The van der Waals surface area contributed by atoms with Gasteiger partial charge in [-0.05, 0) is 18.6 Å². The lowest BCUT2D eigenvalue weighted by atomic mass is 10.1. The summed E-state index contributed by atoms with van der Waals surface area (Å²) in [5, 5.41) is 0. The van der Waals surface area contributed by atoms with Gasteiger partial charge >= 0.3 is 0 Å². The van der Waals surface area contributed by atoms with Gasteiger partial charge in [-0.1, -0.05) is 5.92 Å². The van der Waals surface area contributed by atoms with Crippen molar-refractivity contribution in [1.82, 2.24) is 4.90 Å². The number of rotatable bonds is 4. The molecule has 0 bridgehead atoms. The van der Waals surface area contributed by atoms with Gasteiger partial charge in [-0.15, -0.1) is 6.42 Å². The van der Waals surface area contributed by atoms with E-state index in [1.54, 1.807) is 25.2 Å². The van der Waals surface area contributed by atoms with Crippen molar-refractivity contribution in [2.75, 3.05) is 14.2 Å². The first-order valence-corrected chi connectivity index (χ1v) is 6.16. The van der Waals surface area contributed by atoms with Crippen molar-refractivity contribution in [3.05, 3.63) is 23.8 Å². The van der Waals surface area contributed by atoms with E-state index in [0.29, 0.717) is 18.7 Å². The Morgan fingerprint density at radius 3 is 2.84 bits per heavy atom. The van der Waals surface area contributed by atoms with Crippen molar-refractivity contribution in [3.8, 4) is 23.8 Å². The summed E-state index contributed by atoms with van der Waals surface area (Å²) < 4.78 is 10.5. The lowest BCUT2D eigenvalue weighted by Crippen LogP contribution is -2.31. The molecule has 0 aliphatic carbocycles. The van der Waals surface area contributed by atoms with Crippen molar-refractivity contribution >= 4 is 5.91 Å². The highest BCUT2D eigenvalue weighted by Gasteiger charge is 2.29. The first kappa shape index (κ1) is 13.3. The maximum atomic E-state index is 11.8. The summed E-state index contributed by atoms with van der Waals surface area (Å²) in [7, 11) is 3.20. The predicted octanol–water partition coefficient (Wildman–Crippen LogP) is 1.83. The van der Waals surface area contributed by atoms with E-state index < -0.39 is 0 Å². The third-order valence-electron chi connectivity index (χ3n) is 3.36. The summed E-state index contributed by atoms with van der Waals surface area (Å²) in [6.07, 6.45) is 6.71. The number of nitrogens with zero attached hydrogens (tertiary/aromatic N) is 1. The van der Waals surface area contributed by atoms with Gasteiger partial charge in [0.15, 0.2) is 0 Å². The molecule has 1 heterocycles. The number of terminal acetylenes is 1. The van der Waals surface area contributed by atoms with Crippen LogP contribution in [0.1, 0.15) is 18.4 Å². The topological polar surface area (TPSA) is 38.8 Å². The average molecular weight is 259 g/mol. The quantitative estimate of drug-likeness (QED) is 0.774. The normalized spacial score (nSPS) is 18.3. The number of hydrogen-bond donors (Lipinski definition) is 0. The lowest BCUT2D eigenvalue weighted by Gasteiger charge is -2.22. The van der Waals surface area contributed by atoms with Gasteiger partial charge in [0.25, 0.3) is 0 Å². The van der Waals surface area contributed by atoms with Gasteiger partial charge in [0.05, 0.1) is 26.8 Å². The Balaban J connectivity index is 2.23. The standard InChI is InChI=1S/C15H17NO3/c1-4-12-6-8-15(17)16(12)10-11-5-7-13(18-2)9-14(11)19-3/h1,5,7,9,12H,6,8,10H2,2-3H3/t12-/m1/s1. The molecule has 0 spiro atoms. The fraction of sp³-hybridized carbons (Fsp3) is 0.400. The predicted molar refractivity (Wildman–Crippen MR) is 72.0 cm³/mol. The average Bonchev–Trinajstić information content (AvgIpc) is 2.80. The summed E-state index contributed by atoms with van der Waals surface area (Å²) in [5.41, 5.74) is 0.929. The minimum atomic E-state index is -0.112. The molecule has 1 aromatic carbocycles. The van der Waals surface area contributed by atoms with Gasteiger partial charge in [0, 0.05) is 18.1 Å². The SMILES string of the molecule is C#C[C@@H]1CCC(=O)N1Cc1ccc(OC)cc1OC. The molecule has 0 aromatic heterocycles. The molecule has 1 amide bonds. The maximum absolute atomic E-state index is 11.8. The van der Waals surface area contributed by atoms with Gasteiger partial charge < -0.3 is 14.4 Å². The zero-order chi connectivity index (χ0) is 13.8. The second kappa shape index (κ2) is 5.66. The Bertz CT molecular complexity index is 519. The minimum absolute atomic E-state index is 0.0980. The van der Waals surface area contributed by atoms with Gasteiger partial charge in [-0.3, -0.25) is 4.79 Å². The molecule has 1 aromatic rings. The smallest absolute Gasteiger partial charge is 0.223 e. The van der Waals surface area contributed by atoms with Gasteiger partial charge in [0.1, 0.15) is 11.5 Å². The van der Waals surface area contributed by atoms with E-state index in [1.165, 1.54) is 0 Å². The van der Waals surface area contributed by atoms with Crippen LogP contribution in [-0.4, -0.2) is 31.1 Å².